The molecule has 4 nitrogen and oxygen atoms in total. The zero-order valence-corrected chi connectivity index (χ0v) is 9.36. The van der Waals surface area contributed by atoms with Gasteiger partial charge in [0.15, 0.2) is 5.65 Å². The molecule has 0 aliphatic rings. The fraction of sp³-hybridized carbons (Fsp3) is 0.300. The molecule has 0 atom stereocenters. The monoisotopic (exact) mass is 222 g/mol. The van der Waals surface area contributed by atoms with Crippen LogP contribution in [0.2, 0.25) is 5.15 Å². The number of pyridine rings is 1. The first-order valence-electron chi connectivity index (χ1n) is 4.71. The molecular formula is C10H11ClN4. The summed E-state index contributed by atoms with van der Waals surface area (Å²) in [5.41, 5.74) is 1.34. The van der Waals surface area contributed by atoms with Crippen LogP contribution in [0.5, 0.6) is 0 Å². The van der Waals surface area contributed by atoms with Crippen LogP contribution in [-0.4, -0.2) is 28.5 Å². The SMILES string of the molecule is CCN(C)c1cnc2ccc(Cl)nc2n1. The van der Waals surface area contributed by atoms with Crippen molar-refractivity contribution in [3.63, 3.8) is 0 Å². The van der Waals surface area contributed by atoms with Crippen molar-refractivity contribution in [1.29, 1.82) is 0 Å². The van der Waals surface area contributed by atoms with E-state index in [1.54, 1.807) is 12.3 Å². The summed E-state index contributed by atoms with van der Waals surface area (Å²) in [5.74, 6) is 0.805. The van der Waals surface area contributed by atoms with Crippen molar-refractivity contribution < 1.29 is 0 Å². The first-order valence-corrected chi connectivity index (χ1v) is 5.09. The third kappa shape index (κ3) is 1.99. The summed E-state index contributed by atoms with van der Waals surface area (Å²) in [7, 11) is 1.96. The summed E-state index contributed by atoms with van der Waals surface area (Å²) >= 11 is 5.79. The van der Waals surface area contributed by atoms with Crippen LogP contribution in [0.15, 0.2) is 18.3 Å². The molecule has 2 heterocycles. The Kier molecular flexibility index (Phi) is 2.68. The summed E-state index contributed by atoms with van der Waals surface area (Å²) in [4.78, 5) is 14.8. The summed E-state index contributed by atoms with van der Waals surface area (Å²) in [5, 5.41) is 0.438. The third-order valence-electron chi connectivity index (χ3n) is 2.23. The van der Waals surface area contributed by atoms with Gasteiger partial charge >= 0.3 is 0 Å². The molecule has 0 radical (unpaired) electrons. The van der Waals surface area contributed by atoms with E-state index < -0.39 is 0 Å². The van der Waals surface area contributed by atoms with Crippen LogP contribution in [0.1, 0.15) is 6.92 Å². The molecule has 0 bridgehead atoms. The topological polar surface area (TPSA) is 41.9 Å². The van der Waals surface area contributed by atoms with Gasteiger partial charge in [-0.05, 0) is 19.1 Å². The van der Waals surface area contributed by atoms with E-state index in [2.05, 4.69) is 21.9 Å². The molecule has 15 heavy (non-hydrogen) atoms. The maximum atomic E-state index is 5.79. The largest absolute Gasteiger partial charge is 0.359 e. The quantitative estimate of drug-likeness (QED) is 0.730. The Hall–Kier alpha value is -1.42. The second-order valence-electron chi connectivity index (χ2n) is 3.22. The smallest absolute Gasteiger partial charge is 0.181 e. The van der Waals surface area contributed by atoms with E-state index in [0.717, 1.165) is 17.9 Å². The molecule has 78 valence electrons. The van der Waals surface area contributed by atoms with Gasteiger partial charge < -0.3 is 4.90 Å². The van der Waals surface area contributed by atoms with Crippen molar-refractivity contribution in [2.45, 2.75) is 6.92 Å². The lowest BCUT2D eigenvalue weighted by atomic mass is 10.4. The van der Waals surface area contributed by atoms with Crippen LogP contribution in [0.25, 0.3) is 11.2 Å². The molecule has 5 heteroatoms. The summed E-state index contributed by atoms with van der Waals surface area (Å²) in [6.45, 7) is 2.93. The molecule has 0 aromatic carbocycles. The van der Waals surface area contributed by atoms with Crippen LogP contribution < -0.4 is 4.90 Å². The predicted molar refractivity (Wildman–Crippen MR) is 61.3 cm³/mol. The van der Waals surface area contributed by atoms with Crippen molar-refractivity contribution >= 4 is 28.6 Å². The van der Waals surface area contributed by atoms with E-state index in [4.69, 9.17) is 11.6 Å². The van der Waals surface area contributed by atoms with Crippen molar-refractivity contribution in [2.24, 2.45) is 0 Å². The second-order valence-corrected chi connectivity index (χ2v) is 3.61. The molecule has 0 unspecified atom stereocenters. The highest BCUT2D eigenvalue weighted by Gasteiger charge is 2.04. The van der Waals surface area contributed by atoms with Crippen LogP contribution in [0, 0.1) is 0 Å². The fourth-order valence-corrected chi connectivity index (χ4v) is 1.35. The highest BCUT2D eigenvalue weighted by Crippen LogP contribution is 2.14. The molecule has 2 aromatic heterocycles. The number of nitrogens with zero attached hydrogens (tertiary/aromatic N) is 4. The number of aromatic nitrogens is 3. The Balaban J connectivity index is 2.54. The number of halogens is 1. The zero-order chi connectivity index (χ0) is 10.8. The normalized spacial score (nSPS) is 10.6. The minimum absolute atomic E-state index is 0.438. The van der Waals surface area contributed by atoms with E-state index in [-0.39, 0.29) is 0 Å². The average molecular weight is 223 g/mol. The van der Waals surface area contributed by atoms with Gasteiger partial charge in [0.2, 0.25) is 0 Å². The minimum atomic E-state index is 0.438. The summed E-state index contributed by atoms with van der Waals surface area (Å²) in [6, 6.07) is 3.52. The Morgan fingerprint density at radius 1 is 1.33 bits per heavy atom. The predicted octanol–water partition coefficient (Wildman–Crippen LogP) is 2.13. The second kappa shape index (κ2) is 3.98. The van der Waals surface area contributed by atoms with Crippen molar-refractivity contribution in [3.05, 3.63) is 23.5 Å². The molecule has 0 aliphatic carbocycles. The molecule has 2 rings (SSSR count). The van der Waals surface area contributed by atoms with E-state index >= 15 is 0 Å². The van der Waals surface area contributed by atoms with Gasteiger partial charge in [0, 0.05) is 13.6 Å². The van der Waals surface area contributed by atoms with E-state index in [1.165, 1.54) is 0 Å². The Bertz CT molecular complexity index is 486. The Morgan fingerprint density at radius 2 is 2.13 bits per heavy atom. The van der Waals surface area contributed by atoms with Gasteiger partial charge in [-0.25, -0.2) is 15.0 Å². The molecule has 0 saturated carbocycles. The van der Waals surface area contributed by atoms with Gasteiger partial charge in [0.25, 0.3) is 0 Å². The van der Waals surface area contributed by atoms with Crippen molar-refractivity contribution in [2.75, 3.05) is 18.5 Å². The number of anilines is 1. The van der Waals surface area contributed by atoms with Gasteiger partial charge in [-0.2, -0.15) is 0 Å². The van der Waals surface area contributed by atoms with Crippen LogP contribution in [0.4, 0.5) is 5.82 Å². The van der Waals surface area contributed by atoms with Gasteiger partial charge in [-0.15, -0.1) is 0 Å². The fourth-order valence-electron chi connectivity index (χ4n) is 1.21. The van der Waals surface area contributed by atoms with Crippen LogP contribution in [-0.2, 0) is 0 Å². The van der Waals surface area contributed by atoms with E-state index in [9.17, 15) is 0 Å². The number of rotatable bonds is 2. The zero-order valence-electron chi connectivity index (χ0n) is 8.61. The molecular weight excluding hydrogens is 212 g/mol. The lowest BCUT2D eigenvalue weighted by Gasteiger charge is -2.14. The standard InChI is InChI=1S/C10H11ClN4/c1-3-15(2)9-6-12-7-4-5-8(11)13-10(7)14-9/h4-6H,3H2,1-2H3. The van der Waals surface area contributed by atoms with Gasteiger partial charge in [0.1, 0.15) is 16.5 Å². The number of hydrogen-bond acceptors (Lipinski definition) is 4. The lowest BCUT2D eigenvalue weighted by molar-refractivity contribution is 0.934. The number of fused-ring (bicyclic) bond motifs is 1. The van der Waals surface area contributed by atoms with Crippen LogP contribution in [0.3, 0.4) is 0 Å². The average Bonchev–Trinajstić information content (AvgIpc) is 2.27. The lowest BCUT2D eigenvalue weighted by Crippen LogP contribution is -2.17. The molecule has 2 aromatic rings. The highest BCUT2D eigenvalue weighted by molar-refractivity contribution is 6.29. The van der Waals surface area contributed by atoms with Crippen molar-refractivity contribution in [3.8, 4) is 0 Å². The Labute approximate surface area is 92.9 Å². The maximum Gasteiger partial charge on any atom is 0.181 e. The molecule has 0 fully saturated rings. The highest BCUT2D eigenvalue weighted by atomic mass is 35.5. The first-order chi connectivity index (χ1) is 7.20. The minimum Gasteiger partial charge on any atom is -0.359 e. The van der Waals surface area contributed by atoms with E-state index in [0.29, 0.717) is 10.8 Å². The summed E-state index contributed by atoms with van der Waals surface area (Å²) < 4.78 is 0. The molecule has 0 saturated heterocycles. The van der Waals surface area contributed by atoms with Crippen molar-refractivity contribution in [1.82, 2.24) is 15.0 Å². The number of hydrogen-bond donors (Lipinski definition) is 0. The Morgan fingerprint density at radius 3 is 2.87 bits per heavy atom. The summed E-state index contributed by atoms with van der Waals surface area (Å²) in [6.07, 6.45) is 1.74. The molecule has 0 aliphatic heterocycles. The molecule has 0 amide bonds. The first kappa shape index (κ1) is 10.1. The molecule has 0 N–H and O–H groups in total. The third-order valence-corrected chi connectivity index (χ3v) is 2.44. The van der Waals surface area contributed by atoms with Gasteiger partial charge in [-0.1, -0.05) is 11.6 Å². The maximum absolute atomic E-state index is 5.79. The molecule has 0 spiro atoms. The van der Waals surface area contributed by atoms with Crippen LogP contribution >= 0.6 is 11.6 Å². The van der Waals surface area contributed by atoms with Gasteiger partial charge in [0.05, 0.1) is 6.20 Å². The van der Waals surface area contributed by atoms with Gasteiger partial charge in [-0.3, -0.25) is 0 Å². The van der Waals surface area contributed by atoms with E-state index in [1.807, 2.05) is 18.0 Å².